The minimum Gasteiger partial charge on any atom is -0.342 e. The maximum atomic E-state index is 12.7. The first-order chi connectivity index (χ1) is 11.1. The van der Waals surface area contributed by atoms with Crippen molar-refractivity contribution in [2.24, 2.45) is 13.0 Å². The van der Waals surface area contributed by atoms with Crippen LogP contribution in [0.4, 0.5) is 0 Å². The molecule has 2 aromatic rings. The Morgan fingerprint density at radius 3 is 2.70 bits per heavy atom. The fourth-order valence-electron chi connectivity index (χ4n) is 3.69. The molecule has 1 amide bonds. The molecule has 0 radical (unpaired) electrons. The standard InChI is InChI=1S/C17H22N4OS/c1-11-3-4-15(23-11)13-9-14(13)17(22)21-7-5-12(6-8-21)16-19-18-10-20(16)2/h3-4,10,12-14H,5-9H2,1-2H3/t13-,14+/m1/s1. The van der Waals surface area contributed by atoms with E-state index >= 15 is 0 Å². The van der Waals surface area contributed by atoms with Gasteiger partial charge in [0, 0.05) is 47.6 Å². The molecule has 23 heavy (non-hydrogen) atoms. The summed E-state index contributed by atoms with van der Waals surface area (Å²) in [7, 11) is 1.99. The average molecular weight is 330 g/mol. The third kappa shape index (κ3) is 2.80. The van der Waals surface area contributed by atoms with Crippen LogP contribution in [0.2, 0.25) is 0 Å². The Hall–Kier alpha value is -1.69. The lowest BCUT2D eigenvalue weighted by atomic mass is 9.95. The summed E-state index contributed by atoms with van der Waals surface area (Å²) < 4.78 is 2.00. The fourth-order valence-corrected chi connectivity index (χ4v) is 4.75. The van der Waals surface area contributed by atoms with Gasteiger partial charge in [0.05, 0.1) is 0 Å². The number of carbonyl (C=O) groups is 1. The molecular weight excluding hydrogens is 308 g/mol. The van der Waals surface area contributed by atoms with E-state index in [9.17, 15) is 4.79 Å². The van der Waals surface area contributed by atoms with Gasteiger partial charge in [0.15, 0.2) is 0 Å². The summed E-state index contributed by atoms with van der Waals surface area (Å²) in [6.07, 6.45) is 4.77. The lowest BCUT2D eigenvalue weighted by Crippen LogP contribution is -2.39. The molecule has 122 valence electrons. The molecule has 2 aromatic heterocycles. The summed E-state index contributed by atoms with van der Waals surface area (Å²) >= 11 is 1.84. The minimum atomic E-state index is 0.222. The molecule has 4 rings (SSSR count). The van der Waals surface area contributed by atoms with Crippen LogP contribution in [0.1, 0.15) is 46.7 Å². The number of thiophene rings is 1. The smallest absolute Gasteiger partial charge is 0.226 e. The van der Waals surface area contributed by atoms with Crippen LogP contribution in [-0.4, -0.2) is 38.7 Å². The zero-order valence-corrected chi connectivity index (χ0v) is 14.4. The van der Waals surface area contributed by atoms with E-state index in [1.54, 1.807) is 6.33 Å². The van der Waals surface area contributed by atoms with Gasteiger partial charge in [0.25, 0.3) is 0 Å². The van der Waals surface area contributed by atoms with E-state index in [2.05, 4.69) is 34.2 Å². The van der Waals surface area contributed by atoms with E-state index in [0.29, 0.717) is 17.7 Å². The van der Waals surface area contributed by atoms with Crippen LogP contribution in [0.3, 0.4) is 0 Å². The highest BCUT2D eigenvalue weighted by Crippen LogP contribution is 2.50. The first kappa shape index (κ1) is 14.9. The summed E-state index contributed by atoms with van der Waals surface area (Å²) in [5.74, 6) is 2.53. The van der Waals surface area contributed by atoms with Crippen molar-refractivity contribution in [1.29, 1.82) is 0 Å². The molecule has 5 nitrogen and oxygen atoms in total. The molecule has 0 spiro atoms. The van der Waals surface area contributed by atoms with Crippen LogP contribution in [0, 0.1) is 12.8 Å². The van der Waals surface area contributed by atoms with Crippen molar-refractivity contribution in [2.45, 2.75) is 38.0 Å². The third-order valence-electron chi connectivity index (χ3n) is 5.15. The monoisotopic (exact) mass is 330 g/mol. The molecule has 1 saturated heterocycles. The molecule has 0 N–H and O–H groups in total. The largest absolute Gasteiger partial charge is 0.342 e. The topological polar surface area (TPSA) is 51.0 Å². The van der Waals surface area contributed by atoms with Crippen LogP contribution in [0.5, 0.6) is 0 Å². The number of likely N-dealkylation sites (tertiary alicyclic amines) is 1. The van der Waals surface area contributed by atoms with Gasteiger partial charge >= 0.3 is 0 Å². The number of nitrogens with zero attached hydrogens (tertiary/aromatic N) is 4. The van der Waals surface area contributed by atoms with Crippen molar-refractivity contribution in [3.05, 3.63) is 34.0 Å². The highest BCUT2D eigenvalue weighted by molar-refractivity contribution is 7.12. The zero-order chi connectivity index (χ0) is 16.0. The number of amides is 1. The van der Waals surface area contributed by atoms with Gasteiger partial charge in [-0.05, 0) is 38.3 Å². The normalized spacial score (nSPS) is 24.9. The van der Waals surface area contributed by atoms with Crippen LogP contribution in [0.25, 0.3) is 0 Å². The van der Waals surface area contributed by atoms with E-state index in [4.69, 9.17) is 0 Å². The Labute approximate surface area is 140 Å². The van der Waals surface area contributed by atoms with Crippen LogP contribution < -0.4 is 0 Å². The zero-order valence-electron chi connectivity index (χ0n) is 13.6. The number of hydrogen-bond acceptors (Lipinski definition) is 4. The Kier molecular flexibility index (Phi) is 3.71. The second-order valence-corrected chi connectivity index (χ2v) is 8.12. The summed E-state index contributed by atoms with van der Waals surface area (Å²) in [4.78, 5) is 17.5. The third-order valence-corrected chi connectivity index (χ3v) is 6.29. The summed E-state index contributed by atoms with van der Waals surface area (Å²) in [5, 5.41) is 8.19. The van der Waals surface area contributed by atoms with Gasteiger partial charge in [0.2, 0.25) is 5.91 Å². The van der Waals surface area contributed by atoms with Gasteiger partial charge in [0.1, 0.15) is 12.2 Å². The molecule has 1 aliphatic carbocycles. The molecule has 2 aliphatic rings. The lowest BCUT2D eigenvalue weighted by molar-refractivity contribution is -0.133. The average Bonchev–Trinajstić information content (AvgIpc) is 3.06. The maximum Gasteiger partial charge on any atom is 0.226 e. The molecule has 6 heteroatoms. The minimum absolute atomic E-state index is 0.222. The predicted octanol–water partition coefficient (Wildman–Crippen LogP) is 2.69. The summed E-state index contributed by atoms with van der Waals surface area (Å²) in [6.45, 7) is 3.83. The second-order valence-electron chi connectivity index (χ2n) is 6.80. The van der Waals surface area contributed by atoms with Crippen molar-refractivity contribution in [3.63, 3.8) is 0 Å². The number of rotatable bonds is 3. The van der Waals surface area contributed by atoms with Gasteiger partial charge in [-0.25, -0.2) is 0 Å². The van der Waals surface area contributed by atoms with E-state index in [1.807, 2.05) is 23.0 Å². The van der Waals surface area contributed by atoms with Gasteiger partial charge in [-0.1, -0.05) is 0 Å². The number of aromatic nitrogens is 3. The number of carbonyl (C=O) groups excluding carboxylic acids is 1. The van der Waals surface area contributed by atoms with Crippen molar-refractivity contribution in [3.8, 4) is 0 Å². The van der Waals surface area contributed by atoms with Gasteiger partial charge in [-0.3, -0.25) is 4.79 Å². The molecule has 2 fully saturated rings. The molecule has 1 saturated carbocycles. The Morgan fingerprint density at radius 2 is 2.09 bits per heavy atom. The first-order valence-electron chi connectivity index (χ1n) is 8.32. The van der Waals surface area contributed by atoms with Gasteiger partial charge in [-0.15, -0.1) is 21.5 Å². The molecule has 3 heterocycles. The van der Waals surface area contributed by atoms with Crippen LogP contribution in [-0.2, 0) is 11.8 Å². The van der Waals surface area contributed by atoms with E-state index < -0.39 is 0 Å². The summed E-state index contributed by atoms with van der Waals surface area (Å²) in [6, 6.07) is 4.35. The Bertz CT molecular complexity index is 714. The van der Waals surface area contributed by atoms with Crippen molar-refractivity contribution in [1.82, 2.24) is 19.7 Å². The quantitative estimate of drug-likeness (QED) is 0.869. The molecule has 0 unspecified atom stereocenters. The SMILES string of the molecule is Cc1ccc([C@@H]2C[C@@H]2C(=O)N2CCC(c3nncn3C)CC2)s1. The molecule has 0 bridgehead atoms. The maximum absolute atomic E-state index is 12.7. The Morgan fingerprint density at radius 1 is 1.30 bits per heavy atom. The fraction of sp³-hybridized carbons (Fsp3) is 0.588. The molecule has 2 atom stereocenters. The number of hydrogen-bond donors (Lipinski definition) is 0. The number of aryl methyl sites for hydroxylation is 2. The van der Waals surface area contributed by atoms with Gasteiger partial charge < -0.3 is 9.47 Å². The first-order valence-corrected chi connectivity index (χ1v) is 9.14. The highest BCUT2D eigenvalue weighted by atomic mass is 32.1. The second kappa shape index (κ2) is 5.74. The van der Waals surface area contributed by atoms with E-state index in [1.165, 1.54) is 9.75 Å². The van der Waals surface area contributed by atoms with Crippen LogP contribution >= 0.6 is 11.3 Å². The van der Waals surface area contributed by atoms with Gasteiger partial charge in [-0.2, -0.15) is 0 Å². The van der Waals surface area contributed by atoms with E-state index in [-0.39, 0.29) is 5.92 Å². The van der Waals surface area contributed by atoms with E-state index in [0.717, 1.165) is 38.2 Å². The molecular formula is C17H22N4OS. The summed E-state index contributed by atoms with van der Waals surface area (Å²) in [5.41, 5.74) is 0. The predicted molar refractivity (Wildman–Crippen MR) is 89.5 cm³/mol. The Balaban J connectivity index is 1.34. The molecule has 0 aromatic carbocycles. The van der Waals surface area contributed by atoms with Crippen molar-refractivity contribution < 1.29 is 4.79 Å². The van der Waals surface area contributed by atoms with Crippen molar-refractivity contribution >= 4 is 17.2 Å². The van der Waals surface area contributed by atoms with Crippen LogP contribution in [0.15, 0.2) is 18.5 Å². The van der Waals surface area contributed by atoms with Crippen molar-refractivity contribution in [2.75, 3.05) is 13.1 Å². The lowest BCUT2D eigenvalue weighted by Gasteiger charge is -2.31. The number of piperidine rings is 1. The molecule has 1 aliphatic heterocycles. The highest BCUT2D eigenvalue weighted by Gasteiger charge is 2.46.